The van der Waals surface area contributed by atoms with Crippen LogP contribution in [0.4, 0.5) is 0 Å². The van der Waals surface area contributed by atoms with Crippen LogP contribution in [-0.2, 0) is 24.2 Å². The lowest BCUT2D eigenvalue weighted by Gasteiger charge is -2.29. The number of aromatic nitrogens is 1. The van der Waals surface area contributed by atoms with E-state index < -0.39 is 0 Å². The first-order valence-electron chi connectivity index (χ1n) is 8.86. The zero-order chi connectivity index (χ0) is 15.8. The Hall–Kier alpha value is -1.40. The van der Waals surface area contributed by atoms with Gasteiger partial charge >= 0.3 is 0 Å². The Morgan fingerprint density at radius 2 is 2.22 bits per heavy atom. The summed E-state index contributed by atoms with van der Waals surface area (Å²) in [7, 11) is 0. The fourth-order valence-electron chi connectivity index (χ4n) is 3.87. The second kappa shape index (κ2) is 6.24. The molecule has 6 heteroatoms. The molecule has 2 fully saturated rings. The van der Waals surface area contributed by atoms with Crippen molar-refractivity contribution in [3.05, 3.63) is 17.0 Å². The third-order valence-electron chi connectivity index (χ3n) is 5.56. The first-order chi connectivity index (χ1) is 11.2. The largest absolute Gasteiger partial charge is 0.392 e. The molecule has 2 heterocycles. The van der Waals surface area contributed by atoms with E-state index in [0.717, 1.165) is 63.1 Å². The number of amides is 1. The molecule has 0 aromatic carbocycles. The third-order valence-corrected chi connectivity index (χ3v) is 5.56. The van der Waals surface area contributed by atoms with Crippen molar-refractivity contribution in [3.63, 3.8) is 0 Å². The van der Waals surface area contributed by atoms with Gasteiger partial charge in [-0.15, -0.1) is 0 Å². The maximum absolute atomic E-state index is 12.2. The number of hydrogen-bond acceptors (Lipinski definition) is 5. The summed E-state index contributed by atoms with van der Waals surface area (Å²) in [6.07, 6.45) is 6.49. The van der Waals surface area contributed by atoms with Crippen molar-refractivity contribution in [1.29, 1.82) is 0 Å². The smallest absolute Gasteiger partial charge is 0.223 e. The SMILES string of the molecule is O=C(NC1CCc2onc(CN3CC[C@@H](O)C3)c2C1)C1CCC1. The van der Waals surface area contributed by atoms with Gasteiger partial charge in [-0.1, -0.05) is 11.6 Å². The molecule has 0 spiro atoms. The summed E-state index contributed by atoms with van der Waals surface area (Å²) in [5.74, 6) is 1.45. The van der Waals surface area contributed by atoms with E-state index in [4.69, 9.17) is 4.52 Å². The van der Waals surface area contributed by atoms with Crippen LogP contribution in [0.5, 0.6) is 0 Å². The number of carbonyl (C=O) groups excluding carboxylic acids is 1. The molecule has 2 N–H and O–H groups in total. The van der Waals surface area contributed by atoms with Gasteiger partial charge in [-0.3, -0.25) is 9.69 Å². The van der Waals surface area contributed by atoms with Gasteiger partial charge in [-0.05, 0) is 32.1 Å². The highest BCUT2D eigenvalue weighted by molar-refractivity contribution is 5.79. The molecule has 1 aromatic rings. The number of aliphatic hydroxyl groups is 1. The standard InChI is InChI=1S/C17H25N3O3/c21-13-6-7-20(9-13)10-15-14-8-12(4-5-16(14)23-19-15)18-17(22)11-2-1-3-11/h11-13,21H,1-10H2,(H,18,22)/t12?,13-/m1/s1. The third kappa shape index (κ3) is 3.15. The van der Waals surface area contributed by atoms with Gasteiger partial charge < -0.3 is 14.9 Å². The van der Waals surface area contributed by atoms with E-state index in [1.54, 1.807) is 0 Å². The van der Waals surface area contributed by atoms with E-state index in [2.05, 4.69) is 15.4 Å². The molecule has 1 saturated carbocycles. The molecule has 6 nitrogen and oxygen atoms in total. The van der Waals surface area contributed by atoms with Crippen LogP contribution in [0.15, 0.2) is 4.52 Å². The highest BCUT2D eigenvalue weighted by atomic mass is 16.5. The Kier molecular flexibility index (Phi) is 4.11. The number of rotatable bonds is 4. The molecule has 126 valence electrons. The van der Waals surface area contributed by atoms with Crippen molar-refractivity contribution in [2.24, 2.45) is 5.92 Å². The molecule has 2 aliphatic carbocycles. The predicted molar refractivity (Wildman–Crippen MR) is 83.7 cm³/mol. The van der Waals surface area contributed by atoms with Gasteiger partial charge in [0.05, 0.1) is 6.10 Å². The Bertz CT molecular complexity index is 582. The fourth-order valence-corrected chi connectivity index (χ4v) is 3.87. The Labute approximate surface area is 136 Å². The first kappa shape index (κ1) is 15.1. The van der Waals surface area contributed by atoms with E-state index in [1.807, 2.05) is 0 Å². The number of fused-ring (bicyclic) bond motifs is 1. The Balaban J connectivity index is 1.39. The van der Waals surface area contributed by atoms with Crippen LogP contribution in [0.2, 0.25) is 0 Å². The molecule has 2 atom stereocenters. The van der Waals surface area contributed by atoms with Crippen molar-refractivity contribution < 1.29 is 14.4 Å². The van der Waals surface area contributed by atoms with Gasteiger partial charge in [0.15, 0.2) is 0 Å². The molecule has 1 saturated heterocycles. The maximum Gasteiger partial charge on any atom is 0.223 e. The minimum atomic E-state index is -0.216. The average molecular weight is 319 g/mol. The topological polar surface area (TPSA) is 78.6 Å². The van der Waals surface area contributed by atoms with E-state index in [0.29, 0.717) is 6.54 Å². The summed E-state index contributed by atoms with van der Waals surface area (Å²) in [5.41, 5.74) is 2.16. The minimum Gasteiger partial charge on any atom is -0.392 e. The molecule has 0 radical (unpaired) electrons. The molecular weight excluding hydrogens is 294 g/mol. The predicted octanol–water partition coefficient (Wildman–Crippen LogP) is 1.01. The monoisotopic (exact) mass is 319 g/mol. The number of aryl methyl sites for hydroxylation is 1. The van der Waals surface area contributed by atoms with Crippen LogP contribution in [0.3, 0.4) is 0 Å². The van der Waals surface area contributed by atoms with Crippen molar-refractivity contribution in [2.75, 3.05) is 13.1 Å². The Morgan fingerprint density at radius 3 is 2.91 bits per heavy atom. The highest BCUT2D eigenvalue weighted by Gasteiger charge is 2.31. The molecule has 23 heavy (non-hydrogen) atoms. The van der Waals surface area contributed by atoms with Crippen molar-refractivity contribution in [2.45, 2.75) is 63.6 Å². The van der Waals surface area contributed by atoms with Crippen LogP contribution in [0.25, 0.3) is 0 Å². The van der Waals surface area contributed by atoms with Crippen molar-refractivity contribution >= 4 is 5.91 Å². The van der Waals surface area contributed by atoms with Crippen LogP contribution in [0, 0.1) is 5.92 Å². The number of β-amino-alcohol motifs (C(OH)–C–C–N with tert-alkyl or cyclic N) is 1. The zero-order valence-electron chi connectivity index (χ0n) is 13.5. The molecule has 1 aliphatic heterocycles. The van der Waals surface area contributed by atoms with Gasteiger partial charge in [0, 0.05) is 43.6 Å². The first-order valence-corrected chi connectivity index (χ1v) is 8.86. The molecular formula is C17H25N3O3. The van der Waals surface area contributed by atoms with Gasteiger partial charge in [0.1, 0.15) is 11.5 Å². The summed E-state index contributed by atoms with van der Waals surface area (Å²) in [5, 5.41) is 17.1. The maximum atomic E-state index is 12.2. The van der Waals surface area contributed by atoms with Gasteiger partial charge in [0.2, 0.25) is 5.91 Å². The number of likely N-dealkylation sites (tertiary alicyclic amines) is 1. The molecule has 3 aliphatic rings. The second-order valence-electron chi connectivity index (χ2n) is 7.28. The van der Waals surface area contributed by atoms with E-state index in [-0.39, 0.29) is 24.0 Å². The van der Waals surface area contributed by atoms with Crippen LogP contribution in [-0.4, -0.2) is 46.3 Å². The molecule has 1 aromatic heterocycles. The fraction of sp³-hybridized carbons (Fsp3) is 0.765. The van der Waals surface area contributed by atoms with E-state index in [1.165, 1.54) is 12.0 Å². The van der Waals surface area contributed by atoms with Crippen molar-refractivity contribution in [3.8, 4) is 0 Å². The highest BCUT2D eigenvalue weighted by Crippen LogP contribution is 2.29. The van der Waals surface area contributed by atoms with Gasteiger partial charge in [-0.2, -0.15) is 0 Å². The van der Waals surface area contributed by atoms with E-state index >= 15 is 0 Å². The summed E-state index contributed by atoms with van der Waals surface area (Å²) in [6.45, 7) is 2.35. The summed E-state index contributed by atoms with van der Waals surface area (Å²) in [6, 6.07) is 0.206. The van der Waals surface area contributed by atoms with E-state index in [9.17, 15) is 9.90 Å². The van der Waals surface area contributed by atoms with Gasteiger partial charge in [0.25, 0.3) is 0 Å². The summed E-state index contributed by atoms with van der Waals surface area (Å²) < 4.78 is 5.51. The lowest BCUT2D eigenvalue weighted by molar-refractivity contribution is -0.128. The lowest BCUT2D eigenvalue weighted by Crippen LogP contribution is -2.43. The van der Waals surface area contributed by atoms with Crippen molar-refractivity contribution in [1.82, 2.24) is 15.4 Å². The number of hydrogen-bond donors (Lipinski definition) is 2. The number of aliphatic hydroxyl groups excluding tert-OH is 1. The summed E-state index contributed by atoms with van der Waals surface area (Å²) in [4.78, 5) is 14.4. The zero-order valence-corrected chi connectivity index (χ0v) is 13.5. The number of nitrogens with one attached hydrogen (secondary N) is 1. The summed E-state index contributed by atoms with van der Waals surface area (Å²) >= 11 is 0. The lowest BCUT2D eigenvalue weighted by atomic mass is 9.84. The number of nitrogens with zero attached hydrogens (tertiary/aromatic N) is 2. The van der Waals surface area contributed by atoms with Crippen LogP contribution < -0.4 is 5.32 Å². The Morgan fingerprint density at radius 1 is 1.35 bits per heavy atom. The molecule has 1 unspecified atom stereocenters. The van der Waals surface area contributed by atoms with Crippen LogP contribution >= 0.6 is 0 Å². The molecule has 0 bridgehead atoms. The van der Waals surface area contributed by atoms with Crippen LogP contribution in [0.1, 0.15) is 49.1 Å². The number of carbonyl (C=O) groups is 1. The average Bonchev–Trinajstić information content (AvgIpc) is 3.04. The normalized spacial score (nSPS) is 28.4. The van der Waals surface area contributed by atoms with Gasteiger partial charge in [-0.25, -0.2) is 0 Å². The molecule has 4 rings (SSSR count). The second-order valence-corrected chi connectivity index (χ2v) is 7.28. The minimum absolute atomic E-state index is 0.206. The quantitative estimate of drug-likeness (QED) is 0.866. The molecule has 1 amide bonds.